The third kappa shape index (κ3) is 3.35. The summed E-state index contributed by atoms with van der Waals surface area (Å²) in [6.45, 7) is 5.95. The monoisotopic (exact) mass is 265 g/mol. The number of ether oxygens (including phenoxy) is 1. The van der Waals surface area contributed by atoms with Crippen LogP contribution in [-0.4, -0.2) is 21.7 Å². The van der Waals surface area contributed by atoms with Crippen LogP contribution in [-0.2, 0) is 5.54 Å². The Morgan fingerprint density at radius 2 is 1.95 bits per heavy atom. The van der Waals surface area contributed by atoms with Crippen LogP contribution in [0.15, 0.2) is 17.2 Å². The summed E-state index contributed by atoms with van der Waals surface area (Å²) in [4.78, 5) is 16.4. The number of aromatic nitrogens is 2. The van der Waals surface area contributed by atoms with Gasteiger partial charge < -0.3 is 15.0 Å². The SMILES string of the molecule is CC(C)(C)n1ccnc(OC2CCC(N)CC2)c1=O. The van der Waals surface area contributed by atoms with Crippen LogP contribution < -0.4 is 16.0 Å². The number of hydrogen-bond acceptors (Lipinski definition) is 4. The molecule has 0 radical (unpaired) electrons. The van der Waals surface area contributed by atoms with E-state index >= 15 is 0 Å². The van der Waals surface area contributed by atoms with E-state index in [1.54, 1.807) is 17.0 Å². The maximum Gasteiger partial charge on any atom is 0.313 e. The molecule has 0 aliphatic heterocycles. The van der Waals surface area contributed by atoms with Crippen molar-refractivity contribution in [1.82, 2.24) is 9.55 Å². The minimum atomic E-state index is -0.271. The molecule has 0 atom stereocenters. The smallest absolute Gasteiger partial charge is 0.313 e. The molecule has 1 aliphatic rings. The molecule has 1 fully saturated rings. The van der Waals surface area contributed by atoms with Crippen LogP contribution in [0, 0.1) is 0 Å². The molecule has 1 aromatic heterocycles. The summed E-state index contributed by atoms with van der Waals surface area (Å²) in [7, 11) is 0. The molecule has 0 bridgehead atoms. The minimum Gasteiger partial charge on any atom is -0.470 e. The van der Waals surface area contributed by atoms with Crippen LogP contribution in [0.5, 0.6) is 5.88 Å². The molecule has 0 aromatic carbocycles. The normalized spacial score (nSPS) is 24.2. The lowest BCUT2D eigenvalue weighted by molar-refractivity contribution is 0.137. The second-order valence-electron chi connectivity index (χ2n) is 6.23. The molecule has 2 rings (SSSR count). The van der Waals surface area contributed by atoms with E-state index in [0.717, 1.165) is 25.7 Å². The summed E-state index contributed by atoms with van der Waals surface area (Å²) in [5.41, 5.74) is 5.43. The molecule has 1 heterocycles. The third-order valence-corrected chi connectivity index (χ3v) is 3.53. The van der Waals surface area contributed by atoms with Gasteiger partial charge in [0.05, 0.1) is 0 Å². The summed E-state index contributed by atoms with van der Waals surface area (Å²) in [6, 6.07) is 0.273. The van der Waals surface area contributed by atoms with Gasteiger partial charge in [0.2, 0.25) is 0 Å². The maximum absolute atomic E-state index is 12.3. The molecule has 19 heavy (non-hydrogen) atoms. The molecule has 0 spiro atoms. The number of nitrogens with zero attached hydrogens (tertiary/aromatic N) is 2. The molecule has 1 aliphatic carbocycles. The van der Waals surface area contributed by atoms with E-state index in [2.05, 4.69) is 4.98 Å². The minimum absolute atomic E-state index is 0.0656. The van der Waals surface area contributed by atoms with Crippen LogP contribution >= 0.6 is 0 Å². The molecular weight excluding hydrogens is 242 g/mol. The van der Waals surface area contributed by atoms with Crippen LogP contribution in [0.2, 0.25) is 0 Å². The predicted octanol–water partition coefficient (Wildman–Crippen LogP) is 1.65. The summed E-state index contributed by atoms with van der Waals surface area (Å²) < 4.78 is 7.43. The fraction of sp³-hybridized carbons (Fsp3) is 0.714. The topological polar surface area (TPSA) is 70.1 Å². The van der Waals surface area contributed by atoms with E-state index in [1.807, 2.05) is 20.8 Å². The van der Waals surface area contributed by atoms with E-state index in [-0.39, 0.29) is 29.1 Å². The van der Waals surface area contributed by atoms with Crippen molar-refractivity contribution in [1.29, 1.82) is 0 Å². The Morgan fingerprint density at radius 3 is 2.53 bits per heavy atom. The zero-order chi connectivity index (χ0) is 14.0. The predicted molar refractivity (Wildman–Crippen MR) is 74.4 cm³/mol. The molecule has 1 aromatic rings. The highest BCUT2D eigenvalue weighted by molar-refractivity contribution is 5.07. The summed E-state index contributed by atoms with van der Waals surface area (Å²) >= 11 is 0. The molecule has 1 saturated carbocycles. The van der Waals surface area contributed by atoms with Gasteiger partial charge in [-0.15, -0.1) is 0 Å². The first kappa shape index (κ1) is 14.1. The van der Waals surface area contributed by atoms with Gasteiger partial charge in [-0.05, 0) is 46.5 Å². The second-order valence-corrected chi connectivity index (χ2v) is 6.23. The van der Waals surface area contributed by atoms with Gasteiger partial charge in [-0.1, -0.05) is 0 Å². The van der Waals surface area contributed by atoms with Gasteiger partial charge in [0, 0.05) is 24.0 Å². The molecular formula is C14H23N3O2. The third-order valence-electron chi connectivity index (χ3n) is 3.53. The number of hydrogen-bond donors (Lipinski definition) is 1. The van der Waals surface area contributed by atoms with Gasteiger partial charge in [0.1, 0.15) is 6.10 Å². The summed E-state index contributed by atoms with van der Waals surface area (Å²) in [5.74, 6) is 0.206. The average molecular weight is 265 g/mol. The van der Waals surface area contributed by atoms with Gasteiger partial charge >= 0.3 is 5.56 Å². The fourth-order valence-electron chi connectivity index (χ4n) is 2.37. The first-order chi connectivity index (χ1) is 8.88. The van der Waals surface area contributed by atoms with Gasteiger partial charge in [0.15, 0.2) is 0 Å². The summed E-state index contributed by atoms with van der Waals surface area (Å²) in [6.07, 6.45) is 7.08. The Bertz CT molecular complexity index is 482. The first-order valence-electron chi connectivity index (χ1n) is 6.88. The lowest BCUT2D eigenvalue weighted by atomic mass is 9.94. The molecule has 5 nitrogen and oxygen atoms in total. The van der Waals surface area contributed by atoms with E-state index < -0.39 is 0 Å². The van der Waals surface area contributed by atoms with E-state index in [9.17, 15) is 4.79 Å². The fourth-order valence-corrected chi connectivity index (χ4v) is 2.37. The molecule has 5 heteroatoms. The highest BCUT2D eigenvalue weighted by Crippen LogP contribution is 2.20. The lowest BCUT2D eigenvalue weighted by Gasteiger charge is -2.27. The van der Waals surface area contributed by atoms with Crippen molar-refractivity contribution >= 4 is 0 Å². The highest BCUT2D eigenvalue weighted by atomic mass is 16.5. The Balaban J connectivity index is 2.15. The van der Waals surface area contributed by atoms with Crippen LogP contribution in [0.4, 0.5) is 0 Å². The zero-order valence-electron chi connectivity index (χ0n) is 11.9. The van der Waals surface area contributed by atoms with Gasteiger partial charge in [-0.3, -0.25) is 4.79 Å². The van der Waals surface area contributed by atoms with Crippen molar-refractivity contribution in [2.45, 2.75) is 64.1 Å². The van der Waals surface area contributed by atoms with Crippen molar-refractivity contribution in [3.05, 3.63) is 22.7 Å². The van der Waals surface area contributed by atoms with Gasteiger partial charge in [0.25, 0.3) is 5.88 Å². The maximum atomic E-state index is 12.3. The van der Waals surface area contributed by atoms with E-state index in [1.165, 1.54) is 0 Å². The molecule has 0 unspecified atom stereocenters. The van der Waals surface area contributed by atoms with Crippen molar-refractivity contribution in [3.8, 4) is 5.88 Å². The Labute approximate surface area is 113 Å². The Kier molecular flexibility index (Phi) is 3.94. The lowest BCUT2D eigenvalue weighted by Crippen LogP contribution is -2.37. The van der Waals surface area contributed by atoms with Crippen LogP contribution in [0.1, 0.15) is 46.5 Å². The first-order valence-corrected chi connectivity index (χ1v) is 6.88. The van der Waals surface area contributed by atoms with Crippen LogP contribution in [0.25, 0.3) is 0 Å². The molecule has 0 amide bonds. The van der Waals surface area contributed by atoms with Crippen molar-refractivity contribution in [3.63, 3.8) is 0 Å². The molecule has 0 saturated heterocycles. The van der Waals surface area contributed by atoms with Gasteiger partial charge in [-0.25, -0.2) is 4.98 Å². The Morgan fingerprint density at radius 1 is 1.32 bits per heavy atom. The highest BCUT2D eigenvalue weighted by Gasteiger charge is 2.23. The van der Waals surface area contributed by atoms with Crippen molar-refractivity contribution in [2.24, 2.45) is 5.73 Å². The standard InChI is InChI=1S/C14H23N3O2/c1-14(2,3)17-9-8-16-12(13(17)18)19-11-6-4-10(15)5-7-11/h8-11H,4-7,15H2,1-3H3. The number of nitrogens with two attached hydrogens (primary N) is 1. The zero-order valence-corrected chi connectivity index (χ0v) is 11.9. The van der Waals surface area contributed by atoms with E-state index in [0.29, 0.717) is 0 Å². The number of rotatable bonds is 2. The molecule has 106 valence electrons. The quantitative estimate of drug-likeness (QED) is 0.882. The second kappa shape index (κ2) is 5.33. The van der Waals surface area contributed by atoms with Crippen molar-refractivity contribution in [2.75, 3.05) is 0 Å². The summed E-state index contributed by atoms with van der Waals surface area (Å²) in [5, 5.41) is 0. The largest absolute Gasteiger partial charge is 0.470 e. The van der Waals surface area contributed by atoms with E-state index in [4.69, 9.17) is 10.5 Å². The van der Waals surface area contributed by atoms with Crippen molar-refractivity contribution < 1.29 is 4.74 Å². The molecule has 2 N–H and O–H groups in total. The average Bonchev–Trinajstić information content (AvgIpc) is 2.33. The van der Waals surface area contributed by atoms with Gasteiger partial charge in [-0.2, -0.15) is 0 Å². The Hall–Kier alpha value is -1.36. The van der Waals surface area contributed by atoms with Crippen LogP contribution in [0.3, 0.4) is 0 Å².